The fraction of sp³-hybridized carbons (Fsp3) is 0.0714. The van der Waals surface area contributed by atoms with Crippen molar-refractivity contribution in [1.82, 2.24) is 4.57 Å². The Morgan fingerprint density at radius 2 is 1.38 bits per heavy atom. The second kappa shape index (κ2) is 9.53. The highest BCUT2D eigenvalue weighted by Gasteiger charge is 2.24. The van der Waals surface area contributed by atoms with E-state index in [2.05, 4.69) is 0 Å². The lowest BCUT2D eigenvalue weighted by atomic mass is 10.1. The number of fused-ring (bicyclic) bond motifs is 1. The third-order valence-corrected chi connectivity index (χ3v) is 6.18. The molecule has 0 spiro atoms. The standard InChI is InChI=1S/C28H21Cl2NO3/c29-21-10-6-18(7-11-21)17-31-25-15-12-22(30)16-24(25)27(26(31)28(32)33)34-23-13-8-20(9-14-23)19-4-2-1-3-5-19/h1-16,28,32-33H,17H2. The zero-order chi connectivity index (χ0) is 23.7. The van der Waals surface area contributed by atoms with Crippen LogP contribution in [-0.2, 0) is 6.54 Å². The summed E-state index contributed by atoms with van der Waals surface area (Å²) < 4.78 is 8.07. The van der Waals surface area contributed by atoms with E-state index in [1.54, 1.807) is 24.3 Å². The van der Waals surface area contributed by atoms with Gasteiger partial charge in [0.25, 0.3) is 0 Å². The van der Waals surface area contributed by atoms with Crippen LogP contribution in [0.25, 0.3) is 22.0 Å². The van der Waals surface area contributed by atoms with Gasteiger partial charge in [0.1, 0.15) is 11.4 Å². The Balaban J connectivity index is 1.58. The van der Waals surface area contributed by atoms with Gasteiger partial charge in [0.15, 0.2) is 12.0 Å². The van der Waals surface area contributed by atoms with E-state index in [1.165, 1.54) is 0 Å². The van der Waals surface area contributed by atoms with Crippen molar-refractivity contribution >= 4 is 34.1 Å². The van der Waals surface area contributed by atoms with Gasteiger partial charge < -0.3 is 19.5 Å². The average molecular weight is 490 g/mol. The van der Waals surface area contributed by atoms with E-state index in [9.17, 15) is 10.2 Å². The van der Waals surface area contributed by atoms with Gasteiger partial charge in [-0.05, 0) is 59.2 Å². The van der Waals surface area contributed by atoms with Crippen molar-refractivity contribution < 1.29 is 14.9 Å². The quantitative estimate of drug-likeness (QED) is 0.243. The van der Waals surface area contributed by atoms with Gasteiger partial charge in [-0.25, -0.2) is 0 Å². The number of aliphatic hydroxyl groups excluding tert-OH is 1. The van der Waals surface area contributed by atoms with E-state index < -0.39 is 6.29 Å². The number of hydrogen-bond acceptors (Lipinski definition) is 3. The number of rotatable bonds is 6. The lowest BCUT2D eigenvalue weighted by Crippen LogP contribution is -2.09. The lowest BCUT2D eigenvalue weighted by molar-refractivity contribution is -0.0490. The summed E-state index contributed by atoms with van der Waals surface area (Å²) in [5.41, 5.74) is 4.14. The van der Waals surface area contributed by atoms with Crippen LogP contribution >= 0.6 is 23.2 Å². The molecule has 2 N–H and O–H groups in total. The molecule has 0 bridgehead atoms. The van der Waals surface area contributed by atoms with Gasteiger partial charge in [-0.15, -0.1) is 0 Å². The second-order valence-corrected chi connectivity index (χ2v) is 8.83. The highest BCUT2D eigenvalue weighted by molar-refractivity contribution is 6.31. The first-order chi connectivity index (χ1) is 16.5. The first-order valence-electron chi connectivity index (χ1n) is 10.7. The Bertz CT molecular complexity index is 1430. The molecular formula is C28H21Cl2NO3. The molecule has 0 amide bonds. The predicted octanol–water partition coefficient (Wildman–Crippen LogP) is 7.44. The summed E-state index contributed by atoms with van der Waals surface area (Å²) in [5.74, 6) is 0.932. The summed E-state index contributed by atoms with van der Waals surface area (Å²) in [6.07, 6.45) is -1.75. The van der Waals surface area contributed by atoms with Crippen LogP contribution in [-0.4, -0.2) is 14.8 Å². The van der Waals surface area contributed by atoms with Crippen molar-refractivity contribution in [1.29, 1.82) is 0 Å². The lowest BCUT2D eigenvalue weighted by Gasteiger charge is -2.14. The Kier molecular flexibility index (Phi) is 6.31. The molecule has 4 nitrogen and oxygen atoms in total. The summed E-state index contributed by atoms with van der Waals surface area (Å²) in [4.78, 5) is 0. The summed E-state index contributed by atoms with van der Waals surface area (Å²) in [6.45, 7) is 0.401. The monoisotopic (exact) mass is 489 g/mol. The maximum atomic E-state index is 10.3. The number of hydrogen-bond donors (Lipinski definition) is 2. The van der Waals surface area contributed by atoms with E-state index in [0.717, 1.165) is 22.2 Å². The molecule has 0 aliphatic carbocycles. The van der Waals surface area contributed by atoms with Crippen LogP contribution in [0.1, 0.15) is 17.5 Å². The molecule has 0 aliphatic rings. The normalized spacial score (nSPS) is 11.3. The zero-order valence-corrected chi connectivity index (χ0v) is 19.5. The third kappa shape index (κ3) is 4.54. The van der Waals surface area contributed by atoms with Gasteiger partial charge >= 0.3 is 0 Å². The van der Waals surface area contributed by atoms with Crippen LogP contribution in [0.4, 0.5) is 0 Å². The first kappa shape index (κ1) is 22.5. The first-order valence-corrected chi connectivity index (χ1v) is 11.5. The minimum absolute atomic E-state index is 0.249. The van der Waals surface area contributed by atoms with Gasteiger partial charge in [-0.1, -0.05) is 77.8 Å². The van der Waals surface area contributed by atoms with Crippen molar-refractivity contribution in [2.45, 2.75) is 12.8 Å². The Labute approximate surface area is 207 Å². The number of ether oxygens (including phenoxy) is 1. The molecule has 4 aromatic carbocycles. The molecule has 34 heavy (non-hydrogen) atoms. The summed E-state index contributed by atoms with van der Waals surface area (Å²) >= 11 is 12.3. The molecule has 1 heterocycles. The Morgan fingerprint density at radius 1 is 0.735 bits per heavy atom. The molecule has 0 saturated carbocycles. The Morgan fingerprint density at radius 3 is 2.06 bits per heavy atom. The Hall–Kier alpha value is -3.28. The molecule has 0 fully saturated rings. The summed E-state index contributed by atoms with van der Waals surface area (Å²) in [5, 5.41) is 22.6. The van der Waals surface area contributed by atoms with E-state index in [0.29, 0.717) is 33.5 Å². The van der Waals surface area contributed by atoms with Gasteiger partial charge in [0.05, 0.1) is 5.52 Å². The largest absolute Gasteiger partial charge is 0.455 e. The summed E-state index contributed by atoms with van der Waals surface area (Å²) in [6, 6.07) is 30.5. The van der Waals surface area contributed by atoms with Gasteiger partial charge in [0.2, 0.25) is 0 Å². The molecule has 6 heteroatoms. The van der Waals surface area contributed by atoms with Crippen molar-refractivity contribution in [2.24, 2.45) is 0 Å². The fourth-order valence-electron chi connectivity index (χ4n) is 4.09. The molecule has 0 radical (unpaired) electrons. The number of aliphatic hydroxyl groups is 2. The van der Waals surface area contributed by atoms with Crippen LogP contribution in [0, 0.1) is 0 Å². The molecule has 170 valence electrons. The maximum absolute atomic E-state index is 10.3. The molecular weight excluding hydrogens is 469 g/mol. The second-order valence-electron chi connectivity index (χ2n) is 7.95. The van der Waals surface area contributed by atoms with Gasteiger partial charge in [-0.3, -0.25) is 0 Å². The van der Waals surface area contributed by atoms with E-state index >= 15 is 0 Å². The zero-order valence-electron chi connectivity index (χ0n) is 18.0. The van der Waals surface area contributed by atoms with Crippen LogP contribution in [0.5, 0.6) is 11.5 Å². The van der Waals surface area contributed by atoms with E-state index in [-0.39, 0.29) is 5.69 Å². The number of benzene rings is 4. The molecule has 5 rings (SSSR count). The number of aromatic nitrogens is 1. The number of nitrogens with zero attached hydrogens (tertiary/aromatic N) is 1. The summed E-state index contributed by atoms with van der Waals surface area (Å²) in [7, 11) is 0. The molecule has 0 aliphatic heterocycles. The average Bonchev–Trinajstić information content (AvgIpc) is 3.14. The minimum atomic E-state index is -1.75. The fourth-order valence-corrected chi connectivity index (χ4v) is 4.38. The molecule has 1 aromatic heterocycles. The molecule has 5 aromatic rings. The highest BCUT2D eigenvalue weighted by Crippen LogP contribution is 2.41. The van der Waals surface area contributed by atoms with Crippen molar-refractivity contribution in [3.8, 4) is 22.6 Å². The number of halogens is 2. The molecule has 0 unspecified atom stereocenters. The predicted molar refractivity (Wildman–Crippen MR) is 137 cm³/mol. The smallest absolute Gasteiger partial charge is 0.197 e. The molecule has 0 atom stereocenters. The minimum Gasteiger partial charge on any atom is -0.455 e. The van der Waals surface area contributed by atoms with Crippen LogP contribution in [0.3, 0.4) is 0 Å². The van der Waals surface area contributed by atoms with Crippen molar-refractivity contribution in [3.05, 3.63) is 118 Å². The third-order valence-electron chi connectivity index (χ3n) is 5.70. The van der Waals surface area contributed by atoms with Gasteiger partial charge in [-0.2, -0.15) is 0 Å². The van der Waals surface area contributed by atoms with E-state index in [1.807, 2.05) is 77.4 Å². The van der Waals surface area contributed by atoms with Crippen LogP contribution in [0.15, 0.2) is 97.1 Å². The maximum Gasteiger partial charge on any atom is 0.197 e. The van der Waals surface area contributed by atoms with Crippen LogP contribution in [0.2, 0.25) is 10.0 Å². The van der Waals surface area contributed by atoms with Crippen LogP contribution < -0.4 is 4.74 Å². The van der Waals surface area contributed by atoms with Gasteiger partial charge in [0, 0.05) is 22.0 Å². The van der Waals surface area contributed by atoms with Crippen molar-refractivity contribution in [2.75, 3.05) is 0 Å². The SMILES string of the molecule is OC(O)c1c(Oc2ccc(-c3ccccc3)cc2)c2cc(Cl)ccc2n1Cc1ccc(Cl)cc1. The molecule has 0 saturated heterocycles. The van der Waals surface area contributed by atoms with Crippen molar-refractivity contribution in [3.63, 3.8) is 0 Å². The van der Waals surface area contributed by atoms with E-state index in [4.69, 9.17) is 27.9 Å². The highest BCUT2D eigenvalue weighted by atomic mass is 35.5. The topological polar surface area (TPSA) is 54.6 Å².